The molecule has 81 heavy (non-hydrogen) atoms. The van der Waals surface area contributed by atoms with E-state index in [0.717, 1.165) is 154 Å². The molecule has 0 fully saturated rings. The molecule has 6 nitrogen and oxygen atoms in total. The Kier molecular flexibility index (Phi) is 63.4. The van der Waals surface area contributed by atoms with Gasteiger partial charge in [0.25, 0.3) is 0 Å². The standard InChI is InChI=1S/C75H120O6/c1-4-7-10-13-16-19-22-24-26-28-30-32-33-34-35-36-37-38-39-40-41-43-44-46-48-50-53-56-59-62-65-68-74(77)80-71-72(70-79-73(76)67-64-61-58-55-52-21-18-15-12-9-6-3)81-75(78)69-66-63-60-57-54-51-49-47-45-42-31-29-27-25-23-20-17-14-11-8-5-2/h7-8,10-11,16-17,19-20,24-27,30-32,34-35,37-38,40-42,44,46,50,53,72H,4-6,9,12-15,18,21-23,28-29,33,36,39,43,45,47-49,51-52,54-71H2,1-3H3/b10-7-,11-8-,19-16-,20-17-,26-24-,27-25-,32-30-,35-34-,38-37-,41-40-,42-31-,46-44-,53-50-. The van der Waals surface area contributed by atoms with E-state index in [1.165, 1.54) is 83.5 Å². The average molecular weight is 1120 g/mol. The fourth-order valence-electron chi connectivity index (χ4n) is 8.66. The lowest BCUT2D eigenvalue weighted by atomic mass is 10.1. The predicted octanol–water partition coefficient (Wildman–Crippen LogP) is 22.9. The van der Waals surface area contributed by atoms with Crippen LogP contribution in [0.5, 0.6) is 0 Å². The van der Waals surface area contributed by atoms with Gasteiger partial charge < -0.3 is 14.2 Å². The minimum Gasteiger partial charge on any atom is -0.462 e. The molecular formula is C75H120O6. The number of hydrogen-bond acceptors (Lipinski definition) is 6. The van der Waals surface area contributed by atoms with Crippen molar-refractivity contribution in [2.75, 3.05) is 13.2 Å². The number of allylic oxidation sites excluding steroid dienone is 26. The van der Waals surface area contributed by atoms with E-state index in [9.17, 15) is 14.4 Å². The van der Waals surface area contributed by atoms with Gasteiger partial charge in [0.05, 0.1) is 0 Å². The molecule has 0 aliphatic carbocycles. The van der Waals surface area contributed by atoms with Crippen LogP contribution in [0, 0.1) is 0 Å². The summed E-state index contributed by atoms with van der Waals surface area (Å²) < 4.78 is 16.9. The molecular weight excluding hydrogens is 997 g/mol. The van der Waals surface area contributed by atoms with Crippen LogP contribution < -0.4 is 0 Å². The minimum atomic E-state index is -0.803. The third kappa shape index (κ3) is 65.7. The maximum Gasteiger partial charge on any atom is 0.306 e. The van der Waals surface area contributed by atoms with E-state index in [2.05, 4.69) is 179 Å². The fraction of sp³-hybridized carbons (Fsp3) is 0.613. The van der Waals surface area contributed by atoms with Gasteiger partial charge in [-0.3, -0.25) is 14.4 Å². The maximum atomic E-state index is 12.9. The second-order valence-corrected chi connectivity index (χ2v) is 21.3. The zero-order valence-electron chi connectivity index (χ0n) is 52.2. The average Bonchev–Trinajstić information content (AvgIpc) is 3.47. The molecule has 0 saturated carbocycles. The normalized spacial score (nSPS) is 13.2. The first-order valence-corrected chi connectivity index (χ1v) is 33.0. The third-order valence-corrected chi connectivity index (χ3v) is 13.5. The minimum absolute atomic E-state index is 0.0958. The Morgan fingerprint density at radius 1 is 0.259 bits per heavy atom. The fourth-order valence-corrected chi connectivity index (χ4v) is 8.66. The smallest absolute Gasteiger partial charge is 0.306 e. The highest BCUT2D eigenvalue weighted by Gasteiger charge is 2.19. The summed E-state index contributed by atoms with van der Waals surface area (Å²) in [6, 6.07) is 0. The highest BCUT2D eigenvalue weighted by Crippen LogP contribution is 2.15. The largest absolute Gasteiger partial charge is 0.462 e. The third-order valence-electron chi connectivity index (χ3n) is 13.5. The summed E-state index contributed by atoms with van der Waals surface area (Å²) in [6.45, 7) is 6.37. The summed E-state index contributed by atoms with van der Waals surface area (Å²) in [6.07, 6.45) is 98.2. The molecule has 0 aromatic carbocycles. The second kappa shape index (κ2) is 67.5. The quantitative estimate of drug-likeness (QED) is 0.0261. The van der Waals surface area contributed by atoms with Gasteiger partial charge >= 0.3 is 17.9 Å². The highest BCUT2D eigenvalue weighted by atomic mass is 16.6. The number of hydrogen-bond donors (Lipinski definition) is 0. The lowest BCUT2D eigenvalue weighted by Crippen LogP contribution is -2.30. The molecule has 1 unspecified atom stereocenters. The van der Waals surface area contributed by atoms with E-state index >= 15 is 0 Å². The van der Waals surface area contributed by atoms with E-state index in [1.807, 2.05) is 0 Å². The molecule has 0 aromatic rings. The van der Waals surface area contributed by atoms with Crippen molar-refractivity contribution in [2.24, 2.45) is 0 Å². The van der Waals surface area contributed by atoms with Gasteiger partial charge in [-0.2, -0.15) is 0 Å². The van der Waals surface area contributed by atoms with E-state index in [1.54, 1.807) is 0 Å². The molecule has 0 spiro atoms. The van der Waals surface area contributed by atoms with Gasteiger partial charge in [0.15, 0.2) is 6.10 Å². The van der Waals surface area contributed by atoms with Gasteiger partial charge in [-0.1, -0.05) is 288 Å². The molecule has 0 saturated heterocycles. The molecule has 0 aliphatic heterocycles. The molecule has 1 atom stereocenters. The van der Waals surface area contributed by atoms with Gasteiger partial charge in [0.1, 0.15) is 13.2 Å². The maximum absolute atomic E-state index is 12.9. The van der Waals surface area contributed by atoms with Crippen LogP contribution in [0.3, 0.4) is 0 Å². The zero-order valence-corrected chi connectivity index (χ0v) is 52.2. The van der Waals surface area contributed by atoms with Crippen LogP contribution in [0.4, 0.5) is 0 Å². The lowest BCUT2D eigenvalue weighted by Gasteiger charge is -2.18. The molecule has 0 aromatic heterocycles. The van der Waals surface area contributed by atoms with Crippen LogP contribution in [0.15, 0.2) is 158 Å². The highest BCUT2D eigenvalue weighted by molar-refractivity contribution is 5.71. The Hall–Kier alpha value is -4.97. The number of unbranched alkanes of at least 4 members (excludes halogenated alkanes) is 21. The van der Waals surface area contributed by atoms with Crippen molar-refractivity contribution in [3.63, 3.8) is 0 Å². The van der Waals surface area contributed by atoms with Crippen LogP contribution >= 0.6 is 0 Å². The molecule has 0 heterocycles. The van der Waals surface area contributed by atoms with E-state index < -0.39 is 6.10 Å². The molecule has 6 heteroatoms. The molecule has 0 bridgehead atoms. The summed E-state index contributed by atoms with van der Waals surface area (Å²) in [7, 11) is 0. The van der Waals surface area contributed by atoms with Gasteiger partial charge in [0, 0.05) is 19.3 Å². The van der Waals surface area contributed by atoms with Gasteiger partial charge in [-0.25, -0.2) is 0 Å². The van der Waals surface area contributed by atoms with E-state index in [4.69, 9.17) is 14.2 Å². The number of esters is 3. The SMILES string of the molecule is CC/C=C\C/C=C\C/C=C\C/C=C\C/C=C\C/C=C\C/C=C\C/C=C\C/C=C\CCCCCC(=O)OCC(COC(=O)CCCCCCCCCCCCC)OC(=O)CCCCCCCCCC/C=C\C/C=C\C/C=C\C/C=C\CC. The van der Waals surface area contributed by atoms with Crippen LogP contribution in [-0.4, -0.2) is 37.2 Å². The van der Waals surface area contributed by atoms with Gasteiger partial charge in [0.2, 0.25) is 0 Å². The second-order valence-electron chi connectivity index (χ2n) is 21.3. The van der Waals surface area contributed by atoms with Gasteiger partial charge in [-0.15, -0.1) is 0 Å². The van der Waals surface area contributed by atoms with Crippen molar-refractivity contribution in [1.29, 1.82) is 0 Å². The molecule has 456 valence electrons. The molecule has 0 radical (unpaired) electrons. The van der Waals surface area contributed by atoms with Crippen LogP contribution in [-0.2, 0) is 28.6 Å². The van der Waals surface area contributed by atoms with Crippen molar-refractivity contribution >= 4 is 17.9 Å². The Bertz CT molecular complexity index is 1810. The Balaban J connectivity index is 4.38. The Morgan fingerprint density at radius 3 is 0.765 bits per heavy atom. The van der Waals surface area contributed by atoms with Gasteiger partial charge in [-0.05, 0) is 128 Å². The first-order chi connectivity index (χ1) is 40.0. The summed E-state index contributed by atoms with van der Waals surface area (Å²) in [4.78, 5) is 38.3. The number of carbonyl (C=O) groups excluding carboxylic acids is 3. The first kappa shape index (κ1) is 76.0. The predicted molar refractivity (Wildman–Crippen MR) is 352 cm³/mol. The van der Waals surface area contributed by atoms with Crippen LogP contribution in [0.25, 0.3) is 0 Å². The number of carbonyl (C=O) groups is 3. The van der Waals surface area contributed by atoms with Crippen molar-refractivity contribution < 1.29 is 28.6 Å². The molecule has 0 aliphatic rings. The number of ether oxygens (including phenoxy) is 3. The van der Waals surface area contributed by atoms with E-state index in [-0.39, 0.29) is 31.1 Å². The monoisotopic (exact) mass is 1120 g/mol. The Labute approximate surface area is 499 Å². The van der Waals surface area contributed by atoms with Crippen LogP contribution in [0.2, 0.25) is 0 Å². The zero-order chi connectivity index (χ0) is 58.5. The molecule has 0 rings (SSSR count). The topological polar surface area (TPSA) is 78.9 Å². The van der Waals surface area contributed by atoms with Crippen molar-refractivity contribution in [2.45, 2.75) is 284 Å². The van der Waals surface area contributed by atoms with Crippen molar-refractivity contribution in [1.82, 2.24) is 0 Å². The van der Waals surface area contributed by atoms with Crippen molar-refractivity contribution in [3.8, 4) is 0 Å². The molecule has 0 N–H and O–H groups in total. The van der Waals surface area contributed by atoms with E-state index in [0.29, 0.717) is 19.3 Å². The lowest BCUT2D eigenvalue weighted by molar-refractivity contribution is -0.167. The summed E-state index contributed by atoms with van der Waals surface area (Å²) >= 11 is 0. The number of rotatable bonds is 58. The van der Waals surface area contributed by atoms with Crippen LogP contribution in [0.1, 0.15) is 278 Å². The summed E-state index contributed by atoms with van der Waals surface area (Å²) in [5, 5.41) is 0. The Morgan fingerprint density at radius 2 is 0.481 bits per heavy atom. The summed E-state index contributed by atoms with van der Waals surface area (Å²) in [5.41, 5.74) is 0. The molecule has 0 amide bonds. The summed E-state index contributed by atoms with van der Waals surface area (Å²) in [5.74, 6) is -0.940. The first-order valence-electron chi connectivity index (χ1n) is 33.0. The van der Waals surface area contributed by atoms with Crippen molar-refractivity contribution in [3.05, 3.63) is 158 Å².